The van der Waals surface area contributed by atoms with E-state index in [1.165, 1.54) is 24.1 Å². The Hall–Kier alpha value is -3.34. The molecule has 0 saturated carbocycles. The van der Waals surface area contributed by atoms with Gasteiger partial charge in [-0.25, -0.2) is 14.0 Å². The fourth-order valence-corrected chi connectivity index (χ4v) is 4.16. The van der Waals surface area contributed by atoms with Crippen molar-refractivity contribution in [3.8, 4) is 0 Å². The van der Waals surface area contributed by atoms with Crippen molar-refractivity contribution < 1.29 is 33.4 Å². The smallest absolute Gasteiger partial charge is 0.410 e. The third-order valence-corrected chi connectivity index (χ3v) is 6.04. The number of benzene rings is 1. The van der Waals surface area contributed by atoms with E-state index in [2.05, 4.69) is 10.6 Å². The Morgan fingerprint density at radius 3 is 2.50 bits per heavy atom. The first-order chi connectivity index (χ1) is 17.0. The lowest BCUT2D eigenvalue weighted by Gasteiger charge is -2.33. The van der Waals surface area contributed by atoms with Crippen LogP contribution in [0.15, 0.2) is 29.5 Å². The fourth-order valence-electron chi connectivity index (χ4n) is 4.16. The summed E-state index contributed by atoms with van der Waals surface area (Å²) in [6.45, 7) is 7.04. The molecule has 0 radical (unpaired) electrons. The highest BCUT2D eigenvalue weighted by molar-refractivity contribution is 6.09. The number of rotatable bonds is 8. The zero-order chi connectivity index (χ0) is 26.5. The normalized spacial score (nSPS) is 16.9. The van der Waals surface area contributed by atoms with Gasteiger partial charge in [0.05, 0.1) is 37.2 Å². The second-order valence-electron chi connectivity index (χ2n) is 9.90. The van der Waals surface area contributed by atoms with E-state index in [-0.39, 0.29) is 43.0 Å². The minimum absolute atomic E-state index is 0.00498. The number of hydrogen-bond donors (Lipinski definition) is 3. The number of amides is 2. The molecule has 1 fully saturated rings. The Bertz CT molecular complexity index is 1010. The molecule has 2 aliphatic rings. The highest BCUT2D eigenvalue weighted by Crippen LogP contribution is 2.29. The summed E-state index contributed by atoms with van der Waals surface area (Å²) < 4.78 is 24.4. The number of halogens is 1. The molecule has 1 aromatic rings. The van der Waals surface area contributed by atoms with Crippen molar-refractivity contribution in [2.75, 3.05) is 57.1 Å². The number of β-amino-alcohol motifs (C(OH)–C–C–N with tert-alkyl or cyclic N) is 1. The maximum Gasteiger partial charge on any atom is 0.410 e. The first-order valence-corrected chi connectivity index (χ1v) is 12.0. The quantitative estimate of drug-likeness (QED) is 0.460. The lowest BCUT2D eigenvalue weighted by molar-refractivity contribution is -0.136. The number of nitrogens with one attached hydrogen (secondary N) is 2. The zero-order valence-electron chi connectivity index (χ0n) is 21.2. The summed E-state index contributed by atoms with van der Waals surface area (Å²) >= 11 is 0. The zero-order valence-corrected chi connectivity index (χ0v) is 21.2. The van der Waals surface area contributed by atoms with Crippen LogP contribution in [0.2, 0.25) is 0 Å². The largest absolute Gasteiger partial charge is 0.466 e. The van der Waals surface area contributed by atoms with Crippen molar-refractivity contribution in [1.82, 2.24) is 9.80 Å². The molecule has 2 heterocycles. The average Bonchev–Trinajstić information content (AvgIpc) is 3.12. The van der Waals surface area contributed by atoms with Gasteiger partial charge in [-0.15, -0.1) is 0 Å². The Kier molecular flexibility index (Phi) is 8.78. The predicted octanol–water partition coefficient (Wildman–Crippen LogP) is 2.56. The molecule has 0 unspecified atom stereocenters. The molecule has 0 aliphatic carbocycles. The van der Waals surface area contributed by atoms with E-state index in [4.69, 9.17) is 9.47 Å². The molecule has 2 aliphatic heterocycles. The summed E-state index contributed by atoms with van der Waals surface area (Å²) in [6, 6.07) is 4.12. The number of piperidine rings is 1. The molecule has 11 heteroatoms. The van der Waals surface area contributed by atoms with Crippen molar-refractivity contribution in [3.05, 3.63) is 35.3 Å². The van der Waals surface area contributed by atoms with Gasteiger partial charge in [0.2, 0.25) is 0 Å². The van der Waals surface area contributed by atoms with E-state index in [0.717, 1.165) is 12.8 Å². The molecule has 0 spiro atoms. The number of carbonyl (C=O) groups is 3. The van der Waals surface area contributed by atoms with E-state index in [1.54, 1.807) is 11.0 Å². The summed E-state index contributed by atoms with van der Waals surface area (Å²) in [5.41, 5.74) is 0.434. The van der Waals surface area contributed by atoms with Gasteiger partial charge in [0.25, 0.3) is 5.91 Å². The van der Waals surface area contributed by atoms with Crippen molar-refractivity contribution in [3.63, 3.8) is 0 Å². The van der Waals surface area contributed by atoms with Gasteiger partial charge in [-0.1, -0.05) is 0 Å². The molecule has 0 bridgehead atoms. The number of nitrogens with zero attached hydrogens (tertiary/aromatic N) is 2. The summed E-state index contributed by atoms with van der Waals surface area (Å²) in [6.07, 6.45) is 1.25. The lowest BCUT2D eigenvalue weighted by Crippen LogP contribution is -2.42. The first kappa shape index (κ1) is 27.3. The maximum atomic E-state index is 14.1. The number of anilines is 2. The van der Waals surface area contributed by atoms with Gasteiger partial charge in [0, 0.05) is 26.2 Å². The number of hydrogen-bond acceptors (Lipinski definition) is 8. The van der Waals surface area contributed by atoms with Crippen molar-refractivity contribution in [2.45, 2.75) is 39.2 Å². The van der Waals surface area contributed by atoms with Gasteiger partial charge in [-0.3, -0.25) is 4.79 Å². The van der Waals surface area contributed by atoms with Gasteiger partial charge >= 0.3 is 12.1 Å². The van der Waals surface area contributed by atoms with E-state index >= 15 is 0 Å². The van der Waals surface area contributed by atoms with E-state index in [1.807, 2.05) is 20.8 Å². The number of esters is 1. The van der Waals surface area contributed by atoms with Gasteiger partial charge in [0.15, 0.2) is 0 Å². The second kappa shape index (κ2) is 11.6. The maximum absolute atomic E-state index is 14.1. The minimum Gasteiger partial charge on any atom is -0.466 e. The van der Waals surface area contributed by atoms with Crippen LogP contribution in [-0.4, -0.2) is 84.9 Å². The third-order valence-electron chi connectivity index (χ3n) is 6.04. The number of ether oxygens (including phenoxy) is 2. The first-order valence-electron chi connectivity index (χ1n) is 12.0. The summed E-state index contributed by atoms with van der Waals surface area (Å²) in [5.74, 6) is -1.38. The van der Waals surface area contributed by atoms with Crippen LogP contribution in [0, 0.1) is 11.7 Å². The van der Waals surface area contributed by atoms with Crippen LogP contribution in [0.1, 0.15) is 33.6 Å². The molecule has 0 aromatic heterocycles. The highest BCUT2D eigenvalue weighted by Gasteiger charge is 2.35. The SMILES string of the molecule is COC(=O)C1=C(Nc2cc(F)ccc2NCC2CCN(C(=O)OC(C)(C)C)CC2)C(=O)N(CCO)C1. The van der Waals surface area contributed by atoms with Crippen LogP contribution in [-0.2, 0) is 19.1 Å². The van der Waals surface area contributed by atoms with Gasteiger partial charge < -0.3 is 35.0 Å². The average molecular weight is 507 g/mol. The van der Waals surface area contributed by atoms with Crippen LogP contribution >= 0.6 is 0 Å². The van der Waals surface area contributed by atoms with E-state index in [0.29, 0.717) is 31.0 Å². The van der Waals surface area contributed by atoms with Gasteiger partial charge in [-0.2, -0.15) is 0 Å². The molecule has 10 nitrogen and oxygen atoms in total. The molecule has 3 rings (SSSR count). The molecule has 198 valence electrons. The second-order valence-corrected chi connectivity index (χ2v) is 9.90. The summed E-state index contributed by atoms with van der Waals surface area (Å²) in [4.78, 5) is 40.4. The minimum atomic E-state index is -0.672. The van der Waals surface area contributed by atoms with Crippen LogP contribution in [0.3, 0.4) is 0 Å². The fraction of sp³-hybridized carbons (Fsp3) is 0.560. The van der Waals surface area contributed by atoms with Gasteiger partial charge in [0.1, 0.15) is 17.1 Å². The molecule has 0 atom stereocenters. The standard InChI is InChI=1S/C25H35FN4O6/c1-25(2,3)36-24(34)29-9-7-16(8-10-29)14-27-19-6-5-17(26)13-20(19)28-21-18(23(33)35-4)15-30(11-12-31)22(21)32/h5-6,13,16,27-28,31H,7-12,14-15H2,1-4H3. The summed E-state index contributed by atoms with van der Waals surface area (Å²) in [5, 5.41) is 15.5. The molecular weight excluding hydrogens is 471 g/mol. The van der Waals surface area contributed by atoms with Crippen molar-refractivity contribution in [2.24, 2.45) is 5.92 Å². The molecule has 1 aromatic carbocycles. The van der Waals surface area contributed by atoms with Crippen LogP contribution in [0.25, 0.3) is 0 Å². The Balaban J connectivity index is 1.67. The molecular formula is C25H35FN4O6. The highest BCUT2D eigenvalue weighted by atomic mass is 19.1. The Morgan fingerprint density at radius 1 is 1.19 bits per heavy atom. The third kappa shape index (κ3) is 6.87. The van der Waals surface area contributed by atoms with E-state index in [9.17, 15) is 23.9 Å². The number of carbonyl (C=O) groups excluding carboxylic acids is 3. The van der Waals surface area contributed by atoms with Crippen molar-refractivity contribution in [1.29, 1.82) is 0 Å². The molecule has 36 heavy (non-hydrogen) atoms. The molecule has 2 amide bonds. The number of methoxy groups -OCH3 is 1. The van der Waals surface area contributed by atoms with Crippen LogP contribution < -0.4 is 10.6 Å². The van der Waals surface area contributed by atoms with Crippen LogP contribution in [0.4, 0.5) is 20.6 Å². The monoisotopic (exact) mass is 506 g/mol. The Labute approximate surface area is 210 Å². The number of likely N-dealkylation sites (tertiary alicyclic amines) is 1. The molecule has 3 N–H and O–H groups in total. The summed E-state index contributed by atoms with van der Waals surface area (Å²) in [7, 11) is 1.22. The van der Waals surface area contributed by atoms with Crippen LogP contribution in [0.5, 0.6) is 0 Å². The topological polar surface area (TPSA) is 120 Å². The Morgan fingerprint density at radius 2 is 1.89 bits per heavy atom. The van der Waals surface area contributed by atoms with Gasteiger partial charge in [-0.05, 0) is 57.7 Å². The van der Waals surface area contributed by atoms with E-state index < -0.39 is 23.3 Å². The number of aliphatic hydroxyl groups excluding tert-OH is 1. The number of aliphatic hydroxyl groups is 1. The van der Waals surface area contributed by atoms with Crippen molar-refractivity contribution >= 4 is 29.3 Å². The predicted molar refractivity (Wildman–Crippen MR) is 132 cm³/mol. The molecule has 1 saturated heterocycles. The lowest BCUT2D eigenvalue weighted by atomic mass is 9.97.